The van der Waals surface area contributed by atoms with Crippen molar-refractivity contribution in [1.29, 1.82) is 0 Å². The highest BCUT2D eigenvalue weighted by molar-refractivity contribution is 5.71. The molecule has 0 radical (unpaired) electrons. The highest BCUT2D eigenvalue weighted by atomic mass is 15.2. The van der Waals surface area contributed by atoms with Crippen LogP contribution < -0.4 is 15.5 Å². The molecule has 31 heavy (non-hydrogen) atoms. The van der Waals surface area contributed by atoms with Crippen LogP contribution in [0.15, 0.2) is 24.5 Å². The van der Waals surface area contributed by atoms with Crippen LogP contribution in [0.5, 0.6) is 0 Å². The van der Waals surface area contributed by atoms with E-state index in [0.717, 1.165) is 61.1 Å². The molecule has 2 N–H and O–H groups in total. The van der Waals surface area contributed by atoms with Gasteiger partial charge < -0.3 is 20.1 Å². The fourth-order valence-electron chi connectivity index (χ4n) is 4.69. The second-order valence-electron chi connectivity index (χ2n) is 9.01. The van der Waals surface area contributed by atoms with E-state index in [-0.39, 0.29) is 0 Å². The van der Waals surface area contributed by atoms with Crippen molar-refractivity contribution < 1.29 is 0 Å². The molecular weight excluding hydrogens is 388 g/mol. The predicted molar refractivity (Wildman–Crippen MR) is 121 cm³/mol. The van der Waals surface area contributed by atoms with Crippen LogP contribution >= 0.6 is 0 Å². The summed E-state index contributed by atoms with van der Waals surface area (Å²) < 4.78 is 2.40. The van der Waals surface area contributed by atoms with Gasteiger partial charge in [0.05, 0.1) is 29.0 Å². The number of hydrogen-bond acceptors (Lipinski definition) is 7. The molecule has 3 aromatic rings. The first-order valence-corrected chi connectivity index (χ1v) is 11.3. The van der Waals surface area contributed by atoms with Crippen molar-refractivity contribution in [2.24, 2.45) is 0 Å². The second-order valence-corrected chi connectivity index (χ2v) is 9.01. The van der Waals surface area contributed by atoms with Crippen LogP contribution in [-0.2, 0) is 6.42 Å². The number of anilines is 3. The van der Waals surface area contributed by atoms with Crippen LogP contribution in [0.3, 0.4) is 0 Å². The number of piperazine rings is 1. The quantitative estimate of drug-likeness (QED) is 0.517. The van der Waals surface area contributed by atoms with Gasteiger partial charge in [0.2, 0.25) is 5.95 Å². The van der Waals surface area contributed by atoms with Gasteiger partial charge in [0, 0.05) is 56.3 Å². The maximum absolute atomic E-state index is 5.01. The van der Waals surface area contributed by atoms with Crippen LogP contribution in [0.4, 0.5) is 17.5 Å². The van der Waals surface area contributed by atoms with Gasteiger partial charge in [-0.2, -0.15) is 0 Å². The minimum Gasteiger partial charge on any atom is -0.368 e. The summed E-state index contributed by atoms with van der Waals surface area (Å²) in [5.41, 5.74) is 5.65. The van der Waals surface area contributed by atoms with E-state index in [1.54, 1.807) is 0 Å². The van der Waals surface area contributed by atoms with Gasteiger partial charge in [-0.3, -0.25) is 0 Å². The maximum atomic E-state index is 5.01. The van der Waals surface area contributed by atoms with Crippen LogP contribution in [0, 0.1) is 0 Å². The van der Waals surface area contributed by atoms with Gasteiger partial charge in [-0.1, -0.05) is 0 Å². The Morgan fingerprint density at radius 2 is 1.90 bits per heavy atom. The fourth-order valence-corrected chi connectivity index (χ4v) is 4.69. The van der Waals surface area contributed by atoms with E-state index in [4.69, 9.17) is 9.97 Å². The van der Waals surface area contributed by atoms with Crippen molar-refractivity contribution in [2.75, 3.05) is 36.4 Å². The van der Waals surface area contributed by atoms with Crippen molar-refractivity contribution in [3.63, 3.8) is 0 Å². The number of hydrogen-bond donors (Lipinski definition) is 2. The largest absolute Gasteiger partial charge is 0.368 e. The first-order chi connectivity index (χ1) is 15.2. The third kappa shape index (κ3) is 3.35. The van der Waals surface area contributed by atoms with Gasteiger partial charge in [0.15, 0.2) is 0 Å². The van der Waals surface area contributed by atoms with Gasteiger partial charge >= 0.3 is 0 Å². The van der Waals surface area contributed by atoms with Crippen molar-refractivity contribution in [3.05, 3.63) is 41.6 Å². The second kappa shape index (κ2) is 7.30. The molecular formula is C23H28N8. The molecule has 3 aromatic heterocycles. The lowest BCUT2D eigenvalue weighted by Crippen LogP contribution is -2.43. The first-order valence-electron chi connectivity index (χ1n) is 11.3. The van der Waals surface area contributed by atoms with Gasteiger partial charge in [0.25, 0.3) is 0 Å². The van der Waals surface area contributed by atoms with Gasteiger partial charge in [-0.25, -0.2) is 19.9 Å². The number of fused-ring (bicyclic) bond motifs is 3. The standard InChI is InChI=1S/C23H28N8/c1-14(2)31-21-18(27-22(31)15-3-4-15)11-16-12-26-23(29-20(16)21)28-19-6-5-17(13-25-19)30-9-7-24-8-10-30/h5-6,12-15,24H,3-4,7-11H2,1-2H3,(H,25,26,28,29). The zero-order chi connectivity index (χ0) is 20.9. The smallest absolute Gasteiger partial charge is 0.228 e. The SMILES string of the molecule is CC(C)n1c(C2CC2)nc2c1-c1nc(Nc3ccc(N4CCNCC4)cn3)ncc1C2. The summed E-state index contributed by atoms with van der Waals surface area (Å²) in [6.45, 7) is 8.51. The molecule has 0 bridgehead atoms. The molecule has 2 fully saturated rings. The Morgan fingerprint density at radius 1 is 1.06 bits per heavy atom. The van der Waals surface area contributed by atoms with E-state index in [2.05, 4.69) is 50.0 Å². The summed E-state index contributed by atoms with van der Waals surface area (Å²) in [6.07, 6.45) is 7.18. The zero-order valence-electron chi connectivity index (χ0n) is 18.1. The zero-order valence-corrected chi connectivity index (χ0v) is 18.1. The highest BCUT2D eigenvalue weighted by Gasteiger charge is 2.36. The monoisotopic (exact) mass is 416 g/mol. The van der Waals surface area contributed by atoms with E-state index >= 15 is 0 Å². The third-order valence-electron chi connectivity index (χ3n) is 6.39. The number of rotatable bonds is 5. The lowest BCUT2D eigenvalue weighted by atomic mass is 10.2. The third-order valence-corrected chi connectivity index (χ3v) is 6.39. The Hall–Kier alpha value is -3.00. The molecule has 0 aromatic carbocycles. The molecule has 1 saturated carbocycles. The number of imidazole rings is 1. The summed E-state index contributed by atoms with van der Waals surface area (Å²) in [5.74, 6) is 3.20. The van der Waals surface area contributed by atoms with Gasteiger partial charge in [0.1, 0.15) is 11.6 Å². The van der Waals surface area contributed by atoms with Crippen LogP contribution in [0.25, 0.3) is 11.4 Å². The first kappa shape index (κ1) is 18.7. The number of aromatic nitrogens is 5. The van der Waals surface area contributed by atoms with E-state index in [9.17, 15) is 0 Å². The lowest BCUT2D eigenvalue weighted by Gasteiger charge is -2.29. The minimum atomic E-state index is 0.364. The molecule has 0 amide bonds. The molecule has 0 atom stereocenters. The molecule has 1 saturated heterocycles. The van der Waals surface area contributed by atoms with Crippen molar-refractivity contribution >= 4 is 17.5 Å². The summed E-state index contributed by atoms with van der Waals surface area (Å²) >= 11 is 0. The van der Waals surface area contributed by atoms with E-state index in [1.165, 1.54) is 24.4 Å². The topological polar surface area (TPSA) is 83.8 Å². The molecule has 2 aliphatic carbocycles. The molecule has 3 aliphatic rings. The Bertz CT molecular complexity index is 1110. The normalized spacial score (nSPS) is 17.7. The van der Waals surface area contributed by atoms with E-state index < -0.39 is 0 Å². The molecule has 0 unspecified atom stereocenters. The average molecular weight is 417 g/mol. The number of nitrogens with zero attached hydrogens (tertiary/aromatic N) is 6. The number of nitrogens with one attached hydrogen (secondary N) is 2. The van der Waals surface area contributed by atoms with Crippen LogP contribution in [0.2, 0.25) is 0 Å². The Morgan fingerprint density at radius 3 is 2.61 bits per heavy atom. The predicted octanol–water partition coefficient (Wildman–Crippen LogP) is 3.25. The minimum absolute atomic E-state index is 0.364. The van der Waals surface area contributed by atoms with Gasteiger partial charge in [-0.15, -0.1) is 0 Å². The van der Waals surface area contributed by atoms with E-state index in [1.807, 2.05) is 18.5 Å². The Kier molecular flexibility index (Phi) is 4.41. The molecule has 4 heterocycles. The molecule has 1 aliphatic heterocycles. The van der Waals surface area contributed by atoms with Crippen molar-refractivity contribution in [1.82, 2.24) is 29.8 Å². The molecule has 6 rings (SSSR count). The summed E-state index contributed by atoms with van der Waals surface area (Å²) in [4.78, 5) is 21.4. The Labute approximate surface area is 182 Å². The molecule has 160 valence electrons. The molecule has 0 spiro atoms. The average Bonchev–Trinajstić information content (AvgIpc) is 3.48. The summed E-state index contributed by atoms with van der Waals surface area (Å²) in [6, 6.07) is 4.48. The lowest BCUT2D eigenvalue weighted by molar-refractivity contribution is 0.573. The van der Waals surface area contributed by atoms with Crippen molar-refractivity contribution in [3.8, 4) is 11.4 Å². The summed E-state index contributed by atoms with van der Waals surface area (Å²) in [5, 5.41) is 6.67. The molecule has 8 nitrogen and oxygen atoms in total. The van der Waals surface area contributed by atoms with Crippen molar-refractivity contribution in [2.45, 2.75) is 45.1 Å². The van der Waals surface area contributed by atoms with Crippen LogP contribution in [-0.4, -0.2) is 50.7 Å². The van der Waals surface area contributed by atoms with Gasteiger partial charge in [-0.05, 0) is 38.8 Å². The Balaban J connectivity index is 1.27. The highest BCUT2D eigenvalue weighted by Crippen LogP contribution is 2.45. The maximum Gasteiger partial charge on any atom is 0.228 e. The van der Waals surface area contributed by atoms with Crippen LogP contribution in [0.1, 0.15) is 55.7 Å². The number of pyridine rings is 1. The summed E-state index contributed by atoms with van der Waals surface area (Å²) in [7, 11) is 0. The fraction of sp³-hybridized carbons (Fsp3) is 0.478. The molecule has 8 heteroatoms. The van der Waals surface area contributed by atoms with E-state index in [0.29, 0.717) is 17.9 Å².